The van der Waals surface area contributed by atoms with Crippen LogP contribution in [0.25, 0.3) is 0 Å². The van der Waals surface area contributed by atoms with E-state index in [1.165, 1.54) is 0 Å². The molecule has 4 nitrogen and oxygen atoms in total. The van der Waals surface area contributed by atoms with Crippen LogP contribution >= 0.6 is 15.9 Å². The zero-order chi connectivity index (χ0) is 13.1. The Labute approximate surface area is 116 Å². The molecule has 1 aliphatic heterocycles. The quantitative estimate of drug-likeness (QED) is 0.902. The van der Waals surface area contributed by atoms with Crippen LogP contribution in [0.5, 0.6) is 0 Å². The average Bonchev–Trinajstić information content (AvgIpc) is 2.51. The number of halogens is 1. The third-order valence-electron chi connectivity index (χ3n) is 3.22. The summed E-state index contributed by atoms with van der Waals surface area (Å²) >= 11 is 3.49. The summed E-state index contributed by atoms with van der Waals surface area (Å²) in [6.45, 7) is 2.68. The first-order valence-corrected chi connectivity index (χ1v) is 6.88. The van der Waals surface area contributed by atoms with Crippen LogP contribution in [0.3, 0.4) is 0 Å². The number of carbonyl (C=O) groups excluding carboxylic acids is 1. The van der Waals surface area contributed by atoms with Crippen molar-refractivity contribution in [3.8, 4) is 0 Å². The monoisotopic (exact) mass is 311 g/mol. The number of anilines is 1. The highest BCUT2D eigenvalue weighted by Gasteiger charge is 2.19. The second kappa shape index (κ2) is 5.71. The number of carbonyl (C=O) groups is 1. The second-order valence-electron chi connectivity index (χ2n) is 4.61. The average molecular weight is 312 g/mol. The highest BCUT2D eigenvalue weighted by molar-refractivity contribution is 9.10. The molecule has 5 heteroatoms. The predicted octanol–water partition coefficient (Wildman–Crippen LogP) is 1.58. The Morgan fingerprint density at radius 3 is 2.83 bits per heavy atom. The molecule has 2 N–H and O–H groups in total. The summed E-state index contributed by atoms with van der Waals surface area (Å²) < 4.78 is 1.01. The molecule has 1 amide bonds. The van der Waals surface area contributed by atoms with E-state index in [4.69, 9.17) is 5.73 Å². The molecular weight excluding hydrogens is 294 g/mol. The lowest BCUT2D eigenvalue weighted by Crippen LogP contribution is -2.34. The van der Waals surface area contributed by atoms with E-state index in [0.29, 0.717) is 13.1 Å². The van der Waals surface area contributed by atoms with Gasteiger partial charge in [-0.15, -0.1) is 0 Å². The Kier molecular flexibility index (Phi) is 4.24. The summed E-state index contributed by atoms with van der Waals surface area (Å²) in [5.74, 6) is 0.168. The zero-order valence-electron chi connectivity index (χ0n) is 10.5. The Morgan fingerprint density at radius 2 is 2.11 bits per heavy atom. The summed E-state index contributed by atoms with van der Waals surface area (Å²) in [7, 11) is 1.86. The Hall–Kier alpha value is -1.07. The van der Waals surface area contributed by atoms with Crippen molar-refractivity contribution < 1.29 is 4.79 Å². The van der Waals surface area contributed by atoms with Gasteiger partial charge in [0.05, 0.1) is 6.54 Å². The molecule has 0 aromatic heterocycles. The minimum atomic E-state index is 0.168. The minimum absolute atomic E-state index is 0.168. The largest absolute Gasteiger partial charge is 0.362 e. The summed E-state index contributed by atoms with van der Waals surface area (Å²) in [5.41, 5.74) is 7.82. The van der Waals surface area contributed by atoms with E-state index in [0.717, 1.165) is 35.2 Å². The fourth-order valence-corrected chi connectivity index (χ4v) is 2.67. The molecule has 1 fully saturated rings. The number of likely N-dealkylation sites (N-methyl/N-ethyl adjacent to an activating group) is 1. The van der Waals surface area contributed by atoms with E-state index in [-0.39, 0.29) is 5.91 Å². The maximum Gasteiger partial charge on any atom is 0.241 e. The fraction of sp³-hybridized carbons (Fsp3) is 0.462. The van der Waals surface area contributed by atoms with E-state index in [1.54, 1.807) is 4.90 Å². The lowest BCUT2D eigenvalue weighted by atomic mass is 10.2. The topological polar surface area (TPSA) is 49.6 Å². The molecule has 2 rings (SSSR count). The van der Waals surface area contributed by atoms with E-state index in [9.17, 15) is 4.79 Å². The first-order chi connectivity index (χ1) is 8.60. The third-order valence-corrected chi connectivity index (χ3v) is 3.67. The van der Waals surface area contributed by atoms with Crippen molar-refractivity contribution in [2.45, 2.75) is 13.0 Å². The third kappa shape index (κ3) is 3.03. The van der Waals surface area contributed by atoms with Crippen LogP contribution in [0.15, 0.2) is 22.7 Å². The van der Waals surface area contributed by atoms with Gasteiger partial charge in [-0.2, -0.15) is 0 Å². The highest BCUT2D eigenvalue weighted by atomic mass is 79.9. The van der Waals surface area contributed by atoms with Crippen LogP contribution in [-0.4, -0.2) is 37.5 Å². The standard InChI is InChI=1S/C13H18BrN3O/c1-16-3-2-4-17(9-13(16)18)12-6-10(8-15)5-11(14)7-12/h5-7H,2-4,8-9,15H2,1H3. The number of nitrogens with zero attached hydrogens (tertiary/aromatic N) is 2. The van der Waals surface area contributed by atoms with E-state index >= 15 is 0 Å². The first kappa shape index (κ1) is 13.4. The van der Waals surface area contributed by atoms with Gasteiger partial charge in [-0.3, -0.25) is 4.79 Å². The number of amides is 1. The molecule has 1 aromatic rings. The van der Waals surface area contributed by atoms with Gasteiger partial charge in [0.2, 0.25) is 5.91 Å². The van der Waals surface area contributed by atoms with E-state index in [1.807, 2.05) is 19.2 Å². The lowest BCUT2D eigenvalue weighted by molar-refractivity contribution is -0.127. The van der Waals surface area contributed by atoms with Crippen molar-refractivity contribution in [2.24, 2.45) is 5.73 Å². The molecule has 0 unspecified atom stereocenters. The van der Waals surface area contributed by atoms with Gasteiger partial charge in [0.15, 0.2) is 0 Å². The molecule has 18 heavy (non-hydrogen) atoms. The van der Waals surface area contributed by atoms with Gasteiger partial charge < -0.3 is 15.5 Å². The van der Waals surface area contributed by atoms with Crippen LogP contribution in [0.4, 0.5) is 5.69 Å². The number of benzene rings is 1. The van der Waals surface area contributed by atoms with Crippen LogP contribution in [0.1, 0.15) is 12.0 Å². The van der Waals surface area contributed by atoms with Gasteiger partial charge >= 0.3 is 0 Å². The number of rotatable bonds is 2. The Morgan fingerprint density at radius 1 is 1.33 bits per heavy atom. The second-order valence-corrected chi connectivity index (χ2v) is 5.53. The van der Waals surface area contributed by atoms with Crippen molar-refractivity contribution in [3.05, 3.63) is 28.2 Å². The molecule has 0 bridgehead atoms. The SMILES string of the molecule is CN1CCCN(c2cc(Br)cc(CN)c2)CC1=O. The summed E-state index contributed by atoms with van der Waals surface area (Å²) in [4.78, 5) is 15.8. The van der Waals surface area contributed by atoms with Crippen molar-refractivity contribution in [3.63, 3.8) is 0 Å². The molecular formula is C13H18BrN3O. The van der Waals surface area contributed by atoms with E-state index < -0.39 is 0 Å². The number of hydrogen-bond donors (Lipinski definition) is 1. The van der Waals surface area contributed by atoms with Crippen molar-refractivity contribution >= 4 is 27.5 Å². The van der Waals surface area contributed by atoms with Gasteiger partial charge in [0.1, 0.15) is 0 Å². The van der Waals surface area contributed by atoms with Crippen LogP contribution < -0.4 is 10.6 Å². The normalized spacial score (nSPS) is 16.9. The molecule has 98 valence electrons. The van der Waals surface area contributed by atoms with Gasteiger partial charge in [0.25, 0.3) is 0 Å². The van der Waals surface area contributed by atoms with E-state index in [2.05, 4.69) is 26.9 Å². The zero-order valence-corrected chi connectivity index (χ0v) is 12.1. The smallest absolute Gasteiger partial charge is 0.241 e. The van der Waals surface area contributed by atoms with Crippen LogP contribution in [0.2, 0.25) is 0 Å². The van der Waals surface area contributed by atoms with Crippen molar-refractivity contribution in [1.82, 2.24) is 4.90 Å². The molecule has 1 heterocycles. The van der Waals surface area contributed by atoms with Gasteiger partial charge in [-0.05, 0) is 30.2 Å². The van der Waals surface area contributed by atoms with Crippen LogP contribution in [-0.2, 0) is 11.3 Å². The van der Waals surface area contributed by atoms with Crippen molar-refractivity contribution in [1.29, 1.82) is 0 Å². The number of nitrogens with two attached hydrogens (primary N) is 1. The molecule has 1 aliphatic rings. The summed E-state index contributed by atoms with van der Waals surface area (Å²) in [6, 6.07) is 6.11. The summed E-state index contributed by atoms with van der Waals surface area (Å²) in [5, 5.41) is 0. The molecule has 0 spiro atoms. The Bertz CT molecular complexity index is 450. The molecule has 1 aromatic carbocycles. The molecule has 1 saturated heterocycles. The fourth-order valence-electron chi connectivity index (χ4n) is 2.14. The van der Waals surface area contributed by atoms with Gasteiger partial charge in [-0.1, -0.05) is 15.9 Å². The molecule has 0 saturated carbocycles. The van der Waals surface area contributed by atoms with Crippen LogP contribution in [0, 0.1) is 0 Å². The molecule has 0 radical (unpaired) electrons. The number of hydrogen-bond acceptors (Lipinski definition) is 3. The minimum Gasteiger partial charge on any atom is -0.362 e. The maximum atomic E-state index is 11.9. The maximum absolute atomic E-state index is 11.9. The Balaban J connectivity index is 2.24. The lowest BCUT2D eigenvalue weighted by Gasteiger charge is -2.22. The first-order valence-electron chi connectivity index (χ1n) is 6.08. The summed E-state index contributed by atoms with van der Waals surface area (Å²) in [6.07, 6.45) is 0.993. The molecule has 0 aliphatic carbocycles. The molecule has 0 atom stereocenters. The van der Waals surface area contributed by atoms with Gasteiger partial charge in [0, 0.05) is 36.8 Å². The van der Waals surface area contributed by atoms with Crippen molar-refractivity contribution in [2.75, 3.05) is 31.6 Å². The highest BCUT2D eigenvalue weighted by Crippen LogP contribution is 2.24. The van der Waals surface area contributed by atoms with Gasteiger partial charge in [-0.25, -0.2) is 0 Å². The predicted molar refractivity (Wildman–Crippen MR) is 76.5 cm³/mol.